The van der Waals surface area contributed by atoms with Gasteiger partial charge in [-0.15, -0.1) is 11.3 Å². The van der Waals surface area contributed by atoms with Gasteiger partial charge in [-0.05, 0) is 54.1 Å². The minimum Gasteiger partial charge on any atom is -0.309 e. The molecule has 266 valence electrons. The lowest BCUT2D eigenvalue weighted by Crippen LogP contribution is -2.02. The second-order valence-electron chi connectivity index (χ2n) is 14.6. The minimum absolute atomic E-state index is 0.699. The summed E-state index contributed by atoms with van der Waals surface area (Å²) in [5.74, 6) is 1.54. The first-order valence-corrected chi connectivity index (χ1v) is 20.1. The van der Waals surface area contributed by atoms with Crippen LogP contribution in [0.15, 0.2) is 194 Å². The fourth-order valence-electron chi connectivity index (χ4n) is 8.81. The lowest BCUT2D eigenvalue weighted by molar-refractivity contribution is 1.05. The number of benzene rings is 8. The van der Waals surface area contributed by atoms with Gasteiger partial charge in [-0.1, -0.05) is 140 Å². The van der Waals surface area contributed by atoms with Crippen molar-refractivity contribution in [2.24, 2.45) is 0 Å². The smallest absolute Gasteiger partial charge is 0.162 e. The summed E-state index contributed by atoms with van der Waals surface area (Å²) in [5.41, 5.74) is 11.2. The topological polar surface area (TPSA) is 35.6 Å². The molecule has 57 heavy (non-hydrogen) atoms. The Labute approximate surface area is 332 Å². The average Bonchev–Trinajstić information content (AvgIpc) is 3.94. The molecule has 0 fully saturated rings. The molecule has 0 atom stereocenters. The maximum Gasteiger partial charge on any atom is 0.162 e. The molecule has 0 spiro atoms. The molecule has 4 nitrogen and oxygen atoms in total. The van der Waals surface area contributed by atoms with Gasteiger partial charge in [-0.2, -0.15) is 0 Å². The quantitative estimate of drug-likeness (QED) is 0.176. The first kappa shape index (κ1) is 32.0. The molecule has 0 saturated heterocycles. The highest BCUT2D eigenvalue weighted by Gasteiger charge is 2.23. The summed E-state index contributed by atoms with van der Waals surface area (Å²) in [6.07, 6.45) is 0. The van der Waals surface area contributed by atoms with Crippen molar-refractivity contribution in [2.75, 3.05) is 0 Å². The molecule has 0 bridgehead atoms. The van der Waals surface area contributed by atoms with Crippen molar-refractivity contribution in [1.29, 1.82) is 0 Å². The molecule has 12 aromatic rings. The number of hydrogen-bond acceptors (Lipinski definition) is 3. The van der Waals surface area contributed by atoms with Gasteiger partial charge in [0.25, 0.3) is 0 Å². The molecule has 4 heterocycles. The number of aromatic nitrogens is 4. The minimum atomic E-state index is 0.699. The van der Waals surface area contributed by atoms with Gasteiger partial charge in [0.05, 0.1) is 27.8 Å². The maximum atomic E-state index is 5.26. The normalized spacial score (nSPS) is 11.9. The van der Waals surface area contributed by atoms with Crippen molar-refractivity contribution >= 4 is 75.1 Å². The summed E-state index contributed by atoms with van der Waals surface area (Å²) in [6.45, 7) is 0. The van der Waals surface area contributed by atoms with E-state index < -0.39 is 0 Å². The van der Waals surface area contributed by atoms with Gasteiger partial charge >= 0.3 is 0 Å². The Morgan fingerprint density at radius 3 is 1.75 bits per heavy atom. The molecule has 0 amide bonds. The predicted molar refractivity (Wildman–Crippen MR) is 240 cm³/mol. The van der Waals surface area contributed by atoms with Gasteiger partial charge in [0.1, 0.15) is 5.82 Å². The molecular weight excluding hydrogens is 713 g/mol. The van der Waals surface area contributed by atoms with Gasteiger partial charge in [0, 0.05) is 70.2 Å². The SMILES string of the molecule is c1ccc(-c2cc(-n3c4ccccc4c4cc(-c5cc6c7ccccc7n(-c7ccccc7)c6c6c5sc5ccccc56)ccc43)nc(-c3ccccc3)n2)cc1. The van der Waals surface area contributed by atoms with E-state index in [9.17, 15) is 0 Å². The number of fused-ring (bicyclic) bond motifs is 10. The number of thiophene rings is 1. The van der Waals surface area contributed by atoms with Gasteiger partial charge < -0.3 is 4.57 Å². The molecule has 4 aromatic heterocycles. The monoisotopic (exact) mass is 744 g/mol. The van der Waals surface area contributed by atoms with Gasteiger partial charge in [0.2, 0.25) is 0 Å². The molecular formula is C52H32N4S. The molecule has 5 heteroatoms. The summed E-state index contributed by atoms with van der Waals surface area (Å²) in [6, 6.07) is 69.4. The highest BCUT2D eigenvalue weighted by Crippen LogP contribution is 2.48. The second-order valence-corrected chi connectivity index (χ2v) is 15.6. The van der Waals surface area contributed by atoms with E-state index in [1.54, 1.807) is 0 Å². The molecule has 0 aliphatic carbocycles. The van der Waals surface area contributed by atoms with Crippen LogP contribution in [-0.4, -0.2) is 19.1 Å². The number of para-hydroxylation sites is 3. The highest BCUT2D eigenvalue weighted by molar-refractivity contribution is 7.26. The Kier molecular flexibility index (Phi) is 7.06. The largest absolute Gasteiger partial charge is 0.309 e. The van der Waals surface area contributed by atoms with E-state index in [0.29, 0.717) is 5.82 Å². The standard InChI is InChI=1S/C52H32N4S/c1-4-16-33(17-5-1)43-32-48(54-52(53-43)34-18-6-2-7-19-34)56-45-26-14-10-22-37(45)41-30-35(28-29-46(41)56)40-31-42-38-23-11-13-25-44(38)55(36-20-8-3-9-21-36)50(42)49-39-24-12-15-27-47(39)57-51(40)49/h1-32H. The van der Waals surface area contributed by atoms with Crippen LogP contribution in [0.5, 0.6) is 0 Å². The van der Waals surface area contributed by atoms with Crippen LogP contribution < -0.4 is 0 Å². The zero-order valence-corrected chi connectivity index (χ0v) is 31.5. The Balaban J connectivity index is 1.14. The van der Waals surface area contributed by atoms with E-state index in [4.69, 9.17) is 9.97 Å². The van der Waals surface area contributed by atoms with Gasteiger partial charge in [0.15, 0.2) is 5.82 Å². The molecule has 0 unspecified atom stereocenters. The number of rotatable bonds is 5. The summed E-state index contributed by atoms with van der Waals surface area (Å²) in [7, 11) is 0. The Morgan fingerprint density at radius 2 is 1.00 bits per heavy atom. The molecule has 0 aliphatic rings. The van der Waals surface area contributed by atoms with Crippen LogP contribution in [0.1, 0.15) is 0 Å². The van der Waals surface area contributed by atoms with Crippen molar-refractivity contribution < 1.29 is 0 Å². The van der Waals surface area contributed by atoms with E-state index in [-0.39, 0.29) is 0 Å². The summed E-state index contributed by atoms with van der Waals surface area (Å²) in [4.78, 5) is 10.3. The zero-order chi connectivity index (χ0) is 37.5. The van der Waals surface area contributed by atoms with E-state index in [0.717, 1.165) is 39.4 Å². The Bertz CT molecular complexity index is 3450. The van der Waals surface area contributed by atoms with Crippen LogP contribution in [0.25, 0.3) is 109 Å². The number of nitrogens with zero attached hydrogens (tertiary/aromatic N) is 4. The first-order chi connectivity index (χ1) is 28.3. The molecule has 0 aliphatic heterocycles. The third kappa shape index (κ3) is 4.93. The third-order valence-corrected chi connectivity index (χ3v) is 12.5. The van der Waals surface area contributed by atoms with Crippen molar-refractivity contribution in [3.63, 3.8) is 0 Å². The summed E-state index contributed by atoms with van der Waals surface area (Å²) >= 11 is 1.89. The van der Waals surface area contributed by atoms with E-state index in [1.165, 1.54) is 63.9 Å². The summed E-state index contributed by atoms with van der Waals surface area (Å²) in [5, 5.41) is 7.46. The van der Waals surface area contributed by atoms with Crippen LogP contribution in [-0.2, 0) is 0 Å². The average molecular weight is 745 g/mol. The Morgan fingerprint density at radius 1 is 0.404 bits per heavy atom. The van der Waals surface area contributed by atoms with Crippen molar-refractivity contribution in [3.05, 3.63) is 194 Å². The van der Waals surface area contributed by atoms with Crippen LogP contribution in [0.2, 0.25) is 0 Å². The molecule has 0 saturated carbocycles. The molecule has 0 radical (unpaired) electrons. The van der Waals surface area contributed by atoms with Crippen LogP contribution >= 0.6 is 11.3 Å². The van der Waals surface area contributed by atoms with E-state index >= 15 is 0 Å². The van der Waals surface area contributed by atoms with Crippen molar-refractivity contribution in [2.45, 2.75) is 0 Å². The maximum absolute atomic E-state index is 5.26. The van der Waals surface area contributed by atoms with Crippen molar-refractivity contribution in [3.8, 4) is 45.3 Å². The zero-order valence-electron chi connectivity index (χ0n) is 30.7. The van der Waals surface area contributed by atoms with E-state index in [1.807, 2.05) is 35.6 Å². The second kappa shape index (κ2) is 12.6. The van der Waals surface area contributed by atoms with E-state index in [2.05, 4.69) is 179 Å². The lowest BCUT2D eigenvalue weighted by atomic mass is 9.97. The molecule has 0 N–H and O–H groups in total. The van der Waals surface area contributed by atoms with Gasteiger partial charge in [-0.25, -0.2) is 9.97 Å². The molecule has 8 aromatic carbocycles. The summed E-state index contributed by atoms with van der Waals surface area (Å²) < 4.78 is 7.35. The fourth-order valence-corrected chi connectivity index (χ4v) is 10.0. The third-order valence-electron chi connectivity index (χ3n) is 11.3. The Hall–Kier alpha value is -7.34. The number of hydrogen-bond donors (Lipinski definition) is 0. The van der Waals surface area contributed by atoms with Crippen LogP contribution in [0, 0.1) is 0 Å². The van der Waals surface area contributed by atoms with Crippen LogP contribution in [0.3, 0.4) is 0 Å². The molecule has 12 rings (SSSR count). The van der Waals surface area contributed by atoms with Gasteiger partial charge in [-0.3, -0.25) is 4.57 Å². The highest BCUT2D eigenvalue weighted by atomic mass is 32.1. The predicted octanol–water partition coefficient (Wildman–Crippen LogP) is 14.0. The van der Waals surface area contributed by atoms with Crippen LogP contribution in [0.4, 0.5) is 0 Å². The fraction of sp³-hybridized carbons (Fsp3) is 0. The first-order valence-electron chi connectivity index (χ1n) is 19.3. The van der Waals surface area contributed by atoms with Crippen molar-refractivity contribution in [1.82, 2.24) is 19.1 Å². The lowest BCUT2D eigenvalue weighted by Gasteiger charge is -2.13.